The number of hydrogen-bond acceptors (Lipinski definition) is 6. The minimum atomic E-state index is -3.83. The lowest BCUT2D eigenvalue weighted by atomic mass is 10.1. The van der Waals surface area contributed by atoms with E-state index < -0.39 is 15.8 Å². The maximum atomic E-state index is 13.7. The summed E-state index contributed by atoms with van der Waals surface area (Å²) in [7, 11) is -2.23. The molecular formula is C25H24FN3O4S. The summed E-state index contributed by atoms with van der Waals surface area (Å²) in [4.78, 5) is 6.93. The summed E-state index contributed by atoms with van der Waals surface area (Å²) in [5, 5.41) is 0. The molecule has 0 aliphatic carbocycles. The number of benzene rings is 3. The molecule has 1 fully saturated rings. The third kappa shape index (κ3) is 4.01. The number of methoxy groups -OCH3 is 1. The van der Waals surface area contributed by atoms with Gasteiger partial charge in [0.25, 0.3) is 0 Å². The number of hydrogen-bond donors (Lipinski definition) is 0. The van der Waals surface area contributed by atoms with Gasteiger partial charge in [0, 0.05) is 25.7 Å². The quantitative estimate of drug-likeness (QED) is 0.554. The number of rotatable bonds is 3. The highest BCUT2D eigenvalue weighted by atomic mass is 32.2. The molecule has 9 heteroatoms. The van der Waals surface area contributed by atoms with E-state index in [1.807, 2.05) is 49.4 Å². The molecule has 2 aliphatic heterocycles. The van der Waals surface area contributed by atoms with Gasteiger partial charge in [0.2, 0.25) is 10.0 Å². The Bertz CT molecular complexity index is 1380. The van der Waals surface area contributed by atoms with E-state index in [4.69, 9.17) is 14.5 Å². The Hall–Kier alpha value is -3.43. The van der Waals surface area contributed by atoms with Gasteiger partial charge in [-0.1, -0.05) is 18.2 Å². The molecule has 0 bridgehead atoms. The van der Waals surface area contributed by atoms with E-state index >= 15 is 0 Å². The number of para-hydroxylation sites is 2. The zero-order chi connectivity index (χ0) is 23.9. The van der Waals surface area contributed by atoms with Crippen molar-refractivity contribution in [3.8, 4) is 17.2 Å². The van der Waals surface area contributed by atoms with Crippen LogP contribution in [-0.2, 0) is 10.0 Å². The molecule has 176 valence electrons. The molecule has 5 rings (SSSR count). The van der Waals surface area contributed by atoms with E-state index in [0.29, 0.717) is 41.9 Å². The lowest BCUT2D eigenvalue weighted by molar-refractivity contribution is 0.205. The minimum Gasteiger partial charge on any atom is -0.497 e. The number of aliphatic imine (C=N–C) groups is 1. The van der Waals surface area contributed by atoms with Crippen molar-refractivity contribution in [1.82, 2.24) is 9.21 Å². The van der Waals surface area contributed by atoms with Gasteiger partial charge in [-0.25, -0.2) is 17.8 Å². The Morgan fingerprint density at radius 1 is 1.03 bits per heavy atom. The van der Waals surface area contributed by atoms with Crippen LogP contribution in [0.15, 0.2) is 76.6 Å². The molecule has 0 spiro atoms. The Morgan fingerprint density at radius 3 is 2.62 bits per heavy atom. The van der Waals surface area contributed by atoms with Crippen molar-refractivity contribution in [2.75, 3.05) is 26.7 Å². The first kappa shape index (κ1) is 22.4. The second-order valence-corrected chi connectivity index (χ2v) is 10.1. The molecule has 7 nitrogen and oxygen atoms in total. The monoisotopic (exact) mass is 481 g/mol. The molecule has 1 saturated heterocycles. The topological polar surface area (TPSA) is 71.4 Å². The van der Waals surface area contributed by atoms with Crippen LogP contribution in [0, 0.1) is 5.82 Å². The lowest BCUT2D eigenvalue weighted by Gasteiger charge is -2.40. The summed E-state index contributed by atoms with van der Waals surface area (Å²) >= 11 is 0. The fourth-order valence-corrected chi connectivity index (χ4v) is 5.97. The van der Waals surface area contributed by atoms with Crippen LogP contribution in [-0.4, -0.2) is 56.2 Å². The minimum absolute atomic E-state index is 0.0444. The fraction of sp³-hybridized carbons (Fsp3) is 0.240. The molecule has 0 unspecified atom stereocenters. The largest absolute Gasteiger partial charge is 0.497 e. The van der Waals surface area contributed by atoms with Gasteiger partial charge < -0.3 is 14.4 Å². The van der Waals surface area contributed by atoms with E-state index in [0.717, 1.165) is 11.6 Å². The van der Waals surface area contributed by atoms with Crippen LogP contribution in [0.25, 0.3) is 0 Å². The second kappa shape index (κ2) is 8.73. The first-order chi connectivity index (χ1) is 16.4. The summed E-state index contributed by atoms with van der Waals surface area (Å²) < 4.78 is 53.1. The van der Waals surface area contributed by atoms with Crippen LogP contribution in [0.3, 0.4) is 0 Å². The van der Waals surface area contributed by atoms with Gasteiger partial charge in [-0.15, -0.1) is 0 Å². The molecule has 2 aliphatic rings. The van der Waals surface area contributed by atoms with Gasteiger partial charge in [0.1, 0.15) is 28.8 Å². The van der Waals surface area contributed by atoms with Gasteiger partial charge in [-0.3, -0.25) is 0 Å². The van der Waals surface area contributed by atoms with Crippen molar-refractivity contribution in [3.05, 3.63) is 78.1 Å². The molecule has 0 radical (unpaired) electrons. The van der Waals surface area contributed by atoms with Crippen molar-refractivity contribution >= 4 is 21.5 Å². The van der Waals surface area contributed by atoms with Crippen LogP contribution in [0.2, 0.25) is 0 Å². The molecule has 0 N–H and O–H groups in total. The first-order valence-electron chi connectivity index (χ1n) is 10.9. The van der Waals surface area contributed by atoms with Crippen molar-refractivity contribution in [2.24, 2.45) is 4.99 Å². The predicted molar refractivity (Wildman–Crippen MR) is 127 cm³/mol. The Labute approximate surface area is 198 Å². The highest BCUT2D eigenvalue weighted by Gasteiger charge is 2.36. The van der Waals surface area contributed by atoms with Crippen LogP contribution >= 0.6 is 0 Å². The standard InChI is InChI=1S/C25H24FN3O4S/c1-17-16-28(12-13-29(17)34(30,31)20-7-5-6-18(26)14-20)25-21-15-19(32-2)10-11-23(21)33-24-9-4-3-8-22(24)27-25/h3-11,14-15,17H,12-13,16H2,1-2H3/t17-/m0/s1. The number of halogens is 1. The third-order valence-corrected chi connectivity index (χ3v) is 8.02. The van der Waals surface area contributed by atoms with Crippen LogP contribution < -0.4 is 9.47 Å². The Morgan fingerprint density at radius 2 is 1.85 bits per heavy atom. The number of ether oxygens (including phenoxy) is 2. The number of amidine groups is 1. The summed E-state index contributed by atoms with van der Waals surface area (Å²) in [6.07, 6.45) is 0. The predicted octanol–water partition coefficient (Wildman–Crippen LogP) is 4.41. The molecule has 3 aromatic carbocycles. The normalized spacial score (nSPS) is 18.3. The van der Waals surface area contributed by atoms with Gasteiger partial charge in [-0.2, -0.15) is 4.31 Å². The molecule has 0 saturated carbocycles. The maximum Gasteiger partial charge on any atom is 0.243 e. The van der Waals surface area contributed by atoms with Gasteiger partial charge in [0.15, 0.2) is 5.75 Å². The van der Waals surface area contributed by atoms with E-state index in [2.05, 4.69) is 4.90 Å². The average Bonchev–Trinajstić information content (AvgIpc) is 3.00. The Kier molecular flexibility index (Phi) is 5.75. The van der Waals surface area contributed by atoms with Crippen LogP contribution in [0.4, 0.5) is 10.1 Å². The fourth-order valence-electron chi connectivity index (χ4n) is 4.32. The lowest BCUT2D eigenvalue weighted by Crippen LogP contribution is -2.55. The summed E-state index contributed by atoms with van der Waals surface area (Å²) in [6.45, 7) is 2.90. The summed E-state index contributed by atoms with van der Waals surface area (Å²) in [6, 6.07) is 17.8. The van der Waals surface area contributed by atoms with E-state index in [1.165, 1.54) is 22.5 Å². The van der Waals surface area contributed by atoms with E-state index in [9.17, 15) is 12.8 Å². The molecular weight excluding hydrogens is 457 g/mol. The molecule has 3 aromatic rings. The van der Waals surface area contributed by atoms with E-state index in [1.54, 1.807) is 7.11 Å². The highest BCUT2D eigenvalue weighted by molar-refractivity contribution is 7.89. The SMILES string of the molecule is COc1ccc2c(c1)C(N1CCN(S(=O)(=O)c3cccc(F)c3)[C@@H](C)C1)=Nc1ccccc1O2. The highest BCUT2D eigenvalue weighted by Crippen LogP contribution is 2.39. The van der Waals surface area contributed by atoms with E-state index in [-0.39, 0.29) is 17.5 Å². The van der Waals surface area contributed by atoms with Crippen molar-refractivity contribution in [3.63, 3.8) is 0 Å². The number of nitrogens with zero attached hydrogens (tertiary/aromatic N) is 3. The summed E-state index contributed by atoms with van der Waals surface area (Å²) in [5.41, 5.74) is 1.46. The van der Waals surface area contributed by atoms with Gasteiger partial charge in [-0.05, 0) is 55.5 Å². The van der Waals surface area contributed by atoms with Crippen molar-refractivity contribution in [1.29, 1.82) is 0 Å². The van der Waals surface area contributed by atoms with Gasteiger partial charge >= 0.3 is 0 Å². The Balaban J connectivity index is 1.49. The molecule has 0 aromatic heterocycles. The maximum absolute atomic E-state index is 13.7. The number of sulfonamides is 1. The molecule has 1 atom stereocenters. The zero-order valence-corrected chi connectivity index (χ0v) is 19.6. The number of fused-ring (bicyclic) bond motifs is 2. The summed E-state index contributed by atoms with van der Waals surface area (Å²) in [5.74, 6) is 2.07. The van der Waals surface area contributed by atoms with Crippen LogP contribution in [0.5, 0.6) is 17.2 Å². The molecule has 34 heavy (non-hydrogen) atoms. The number of piperazine rings is 1. The average molecular weight is 482 g/mol. The van der Waals surface area contributed by atoms with Crippen molar-refractivity contribution < 1.29 is 22.3 Å². The van der Waals surface area contributed by atoms with Gasteiger partial charge in [0.05, 0.1) is 17.6 Å². The zero-order valence-electron chi connectivity index (χ0n) is 18.8. The third-order valence-electron chi connectivity index (χ3n) is 6.01. The first-order valence-corrected chi connectivity index (χ1v) is 12.4. The second-order valence-electron chi connectivity index (χ2n) is 8.24. The molecule has 0 amide bonds. The van der Waals surface area contributed by atoms with Crippen molar-refractivity contribution in [2.45, 2.75) is 17.9 Å². The molecule has 2 heterocycles. The van der Waals surface area contributed by atoms with Crippen LogP contribution in [0.1, 0.15) is 12.5 Å². The smallest absolute Gasteiger partial charge is 0.243 e.